The molecule has 0 spiro atoms. The SMILES string of the molecule is O=C(Nc1nccs1)c1cncc2[nH]c(-c3ccc(Cl)cc3C(F)(F)F)nc12. The number of thiazole rings is 1. The second-order valence-electron chi connectivity index (χ2n) is 5.65. The molecule has 1 amide bonds. The van der Waals surface area contributed by atoms with Gasteiger partial charge in [0, 0.05) is 28.4 Å². The van der Waals surface area contributed by atoms with Gasteiger partial charge in [-0.05, 0) is 18.2 Å². The van der Waals surface area contributed by atoms with E-state index in [2.05, 4.69) is 25.3 Å². The lowest BCUT2D eigenvalue weighted by molar-refractivity contribution is -0.137. The van der Waals surface area contributed by atoms with Gasteiger partial charge in [0.05, 0.1) is 22.8 Å². The number of benzene rings is 1. The maximum absolute atomic E-state index is 13.4. The molecular weight excluding hydrogens is 415 g/mol. The smallest absolute Gasteiger partial charge is 0.337 e. The van der Waals surface area contributed by atoms with Crippen molar-refractivity contribution in [3.63, 3.8) is 0 Å². The average Bonchev–Trinajstić information content (AvgIpc) is 3.29. The molecule has 0 aliphatic rings. The van der Waals surface area contributed by atoms with Crippen LogP contribution in [0.1, 0.15) is 15.9 Å². The van der Waals surface area contributed by atoms with Crippen LogP contribution in [0.4, 0.5) is 18.3 Å². The lowest BCUT2D eigenvalue weighted by Crippen LogP contribution is -2.12. The molecule has 1 aromatic carbocycles. The summed E-state index contributed by atoms with van der Waals surface area (Å²) in [5.74, 6) is -0.562. The predicted octanol–water partition coefficient (Wildman–Crippen LogP) is 5.01. The molecule has 0 atom stereocenters. The number of nitrogens with zero attached hydrogens (tertiary/aromatic N) is 3. The van der Waals surface area contributed by atoms with E-state index in [1.807, 2.05) is 0 Å². The number of anilines is 1. The zero-order valence-corrected chi connectivity index (χ0v) is 15.3. The fourth-order valence-electron chi connectivity index (χ4n) is 2.63. The maximum atomic E-state index is 13.4. The van der Waals surface area contributed by atoms with Crippen LogP contribution in [0, 0.1) is 0 Å². The van der Waals surface area contributed by atoms with Crippen LogP contribution < -0.4 is 5.32 Å². The number of halogens is 4. The van der Waals surface area contributed by atoms with Gasteiger partial charge in [-0.3, -0.25) is 15.1 Å². The molecule has 0 radical (unpaired) electrons. The summed E-state index contributed by atoms with van der Waals surface area (Å²) in [4.78, 5) is 27.4. The molecule has 2 N–H and O–H groups in total. The normalized spacial score (nSPS) is 11.7. The molecular formula is C17H9ClF3N5OS. The fraction of sp³-hybridized carbons (Fsp3) is 0.0588. The van der Waals surface area contributed by atoms with Gasteiger partial charge < -0.3 is 4.98 Å². The van der Waals surface area contributed by atoms with Crippen LogP contribution in [-0.4, -0.2) is 25.8 Å². The van der Waals surface area contributed by atoms with Crippen molar-refractivity contribution in [2.75, 3.05) is 5.32 Å². The van der Waals surface area contributed by atoms with Gasteiger partial charge in [-0.25, -0.2) is 9.97 Å². The second kappa shape index (κ2) is 6.88. The van der Waals surface area contributed by atoms with E-state index in [-0.39, 0.29) is 27.5 Å². The van der Waals surface area contributed by atoms with Crippen molar-refractivity contribution in [1.29, 1.82) is 0 Å². The number of hydrogen-bond acceptors (Lipinski definition) is 5. The summed E-state index contributed by atoms with van der Waals surface area (Å²) in [6.07, 6.45) is -0.412. The Bertz CT molecular complexity index is 1170. The summed E-state index contributed by atoms with van der Waals surface area (Å²) >= 11 is 6.96. The van der Waals surface area contributed by atoms with Crippen molar-refractivity contribution in [2.24, 2.45) is 0 Å². The molecule has 0 fully saturated rings. The minimum atomic E-state index is -4.62. The summed E-state index contributed by atoms with van der Waals surface area (Å²) in [6, 6.07) is 3.40. The second-order valence-corrected chi connectivity index (χ2v) is 6.98. The molecule has 0 bridgehead atoms. The van der Waals surface area contributed by atoms with Crippen molar-refractivity contribution in [2.45, 2.75) is 6.18 Å². The van der Waals surface area contributed by atoms with Crippen LogP contribution in [0.15, 0.2) is 42.2 Å². The number of rotatable bonds is 3. The van der Waals surface area contributed by atoms with E-state index in [9.17, 15) is 18.0 Å². The minimum absolute atomic E-state index is 0.0441. The number of imidazole rings is 1. The van der Waals surface area contributed by atoms with Gasteiger partial charge in [-0.1, -0.05) is 11.6 Å². The summed E-state index contributed by atoms with van der Waals surface area (Å²) in [5, 5.41) is 4.63. The highest BCUT2D eigenvalue weighted by molar-refractivity contribution is 7.13. The molecule has 3 aromatic heterocycles. The van der Waals surface area contributed by atoms with Crippen molar-refractivity contribution in [3.8, 4) is 11.4 Å². The highest BCUT2D eigenvalue weighted by Crippen LogP contribution is 2.38. The van der Waals surface area contributed by atoms with E-state index >= 15 is 0 Å². The molecule has 0 aliphatic heterocycles. The number of carbonyl (C=O) groups is 1. The third-order valence-corrected chi connectivity index (χ3v) is 4.76. The lowest BCUT2D eigenvalue weighted by Gasteiger charge is -2.11. The highest BCUT2D eigenvalue weighted by Gasteiger charge is 2.35. The monoisotopic (exact) mass is 423 g/mol. The first kappa shape index (κ1) is 18.4. The fourth-order valence-corrected chi connectivity index (χ4v) is 3.33. The summed E-state index contributed by atoms with van der Waals surface area (Å²) in [7, 11) is 0. The standard InChI is InChI=1S/C17H9ClF3N5OS/c18-8-1-2-9(11(5-8)17(19,20)21)14-24-12-7-22-6-10(13(12)25-14)15(27)26-16-23-3-4-28-16/h1-7H,(H,24,25)(H,23,26,27). The number of aromatic nitrogens is 4. The Morgan fingerprint density at radius 2 is 2.07 bits per heavy atom. The van der Waals surface area contributed by atoms with Gasteiger partial charge >= 0.3 is 6.18 Å². The quantitative estimate of drug-likeness (QED) is 0.485. The molecule has 11 heteroatoms. The van der Waals surface area contributed by atoms with E-state index in [1.54, 1.807) is 5.38 Å². The first-order valence-corrected chi connectivity index (χ1v) is 9.00. The first-order chi connectivity index (χ1) is 13.3. The van der Waals surface area contributed by atoms with E-state index in [0.717, 1.165) is 6.07 Å². The number of nitrogens with one attached hydrogen (secondary N) is 2. The Kier molecular flexibility index (Phi) is 4.52. The average molecular weight is 424 g/mol. The van der Waals surface area contributed by atoms with Gasteiger partial charge in [-0.2, -0.15) is 13.2 Å². The molecule has 0 saturated carbocycles. The van der Waals surface area contributed by atoms with Crippen LogP contribution in [0.25, 0.3) is 22.4 Å². The van der Waals surface area contributed by atoms with E-state index in [0.29, 0.717) is 10.6 Å². The highest BCUT2D eigenvalue weighted by atomic mass is 35.5. The van der Waals surface area contributed by atoms with Crippen LogP contribution in [-0.2, 0) is 6.18 Å². The zero-order valence-electron chi connectivity index (χ0n) is 13.7. The van der Waals surface area contributed by atoms with Gasteiger partial charge in [-0.15, -0.1) is 11.3 Å². The molecule has 3 heterocycles. The molecule has 4 aromatic rings. The first-order valence-electron chi connectivity index (χ1n) is 7.74. The number of alkyl halides is 3. The Balaban J connectivity index is 1.81. The summed E-state index contributed by atoms with van der Waals surface area (Å²) < 4.78 is 40.2. The van der Waals surface area contributed by atoms with E-state index in [1.165, 1.54) is 42.1 Å². The number of carbonyl (C=O) groups excluding carboxylic acids is 1. The molecule has 142 valence electrons. The molecule has 4 rings (SSSR count). The molecule has 6 nitrogen and oxygen atoms in total. The number of H-pyrrole nitrogens is 1. The molecule has 0 aliphatic carbocycles. The van der Waals surface area contributed by atoms with Crippen molar-refractivity contribution < 1.29 is 18.0 Å². The number of pyridine rings is 1. The third kappa shape index (κ3) is 3.43. The van der Waals surface area contributed by atoms with Crippen LogP contribution in [0.5, 0.6) is 0 Å². The van der Waals surface area contributed by atoms with Crippen LogP contribution in [0.3, 0.4) is 0 Å². The number of fused-ring (bicyclic) bond motifs is 1. The summed E-state index contributed by atoms with van der Waals surface area (Å²) in [5.41, 5.74) is -0.482. The number of hydrogen-bond donors (Lipinski definition) is 2. The topological polar surface area (TPSA) is 83.6 Å². The van der Waals surface area contributed by atoms with E-state index < -0.39 is 17.6 Å². The van der Waals surface area contributed by atoms with Crippen molar-refractivity contribution in [1.82, 2.24) is 19.9 Å². The van der Waals surface area contributed by atoms with Crippen molar-refractivity contribution >= 4 is 45.0 Å². The van der Waals surface area contributed by atoms with Crippen LogP contribution in [0.2, 0.25) is 5.02 Å². The minimum Gasteiger partial charge on any atom is -0.337 e. The molecule has 28 heavy (non-hydrogen) atoms. The molecule has 0 saturated heterocycles. The van der Waals surface area contributed by atoms with Crippen LogP contribution >= 0.6 is 22.9 Å². The summed E-state index contributed by atoms with van der Waals surface area (Å²) in [6.45, 7) is 0. The Morgan fingerprint density at radius 3 is 2.79 bits per heavy atom. The Morgan fingerprint density at radius 1 is 1.25 bits per heavy atom. The number of amides is 1. The van der Waals surface area contributed by atoms with Gasteiger partial charge in [0.15, 0.2) is 5.13 Å². The van der Waals surface area contributed by atoms with E-state index in [4.69, 9.17) is 11.6 Å². The maximum Gasteiger partial charge on any atom is 0.417 e. The Hall–Kier alpha value is -2.98. The largest absolute Gasteiger partial charge is 0.417 e. The van der Waals surface area contributed by atoms with Gasteiger partial charge in [0.2, 0.25) is 0 Å². The third-order valence-electron chi connectivity index (χ3n) is 3.83. The lowest BCUT2D eigenvalue weighted by atomic mass is 10.1. The van der Waals surface area contributed by atoms with Gasteiger partial charge in [0.1, 0.15) is 11.3 Å². The number of aromatic amines is 1. The van der Waals surface area contributed by atoms with Gasteiger partial charge in [0.25, 0.3) is 5.91 Å². The predicted molar refractivity (Wildman–Crippen MR) is 99.4 cm³/mol. The zero-order chi connectivity index (χ0) is 19.9. The van der Waals surface area contributed by atoms with Crippen molar-refractivity contribution in [3.05, 3.63) is 58.3 Å². The molecule has 0 unspecified atom stereocenters. The Labute approximate surface area is 164 Å².